The zero-order chi connectivity index (χ0) is 37.6. The molecule has 3 N–H and O–H groups in total. The van der Waals surface area contributed by atoms with E-state index in [0.717, 1.165) is 77.0 Å². The van der Waals surface area contributed by atoms with Gasteiger partial charge in [0.15, 0.2) is 17.1 Å². The number of ether oxygens (including phenoxy) is 2. The molecule has 4 bridgehead atoms. The number of aromatic carboxylic acids is 1. The zero-order valence-corrected chi connectivity index (χ0v) is 32.4. The highest BCUT2D eigenvalue weighted by molar-refractivity contribution is 7.22. The number of aliphatic hydroxyl groups excluding tert-OH is 1. The quantitative estimate of drug-likeness (QED) is 0.121. The molecule has 4 aliphatic carbocycles. The van der Waals surface area contributed by atoms with Gasteiger partial charge in [-0.05, 0) is 104 Å². The van der Waals surface area contributed by atoms with Crippen LogP contribution in [-0.4, -0.2) is 62.3 Å². The highest BCUT2D eigenvalue weighted by atomic mass is 32.1. The van der Waals surface area contributed by atoms with Crippen LogP contribution in [0.15, 0.2) is 54.7 Å². The Morgan fingerprint density at radius 2 is 1.74 bits per heavy atom. The number of hydrogen-bond acceptors (Lipinski definition) is 10. The van der Waals surface area contributed by atoms with E-state index in [4.69, 9.17) is 19.6 Å². The number of pyridine rings is 1. The minimum absolute atomic E-state index is 0.00230. The van der Waals surface area contributed by atoms with Crippen LogP contribution >= 0.6 is 11.3 Å². The summed E-state index contributed by atoms with van der Waals surface area (Å²) in [6.45, 7) is 8.76. The Hall–Kier alpha value is -4.52. The predicted molar refractivity (Wildman–Crippen MR) is 209 cm³/mol. The van der Waals surface area contributed by atoms with Gasteiger partial charge >= 0.3 is 5.97 Å². The smallest absolute Gasteiger partial charge is 0.355 e. The molecule has 54 heavy (non-hydrogen) atoms. The molecule has 3 aromatic heterocycles. The third-order valence-corrected chi connectivity index (χ3v) is 13.8. The molecule has 1 aliphatic heterocycles. The van der Waals surface area contributed by atoms with Crippen molar-refractivity contribution in [1.29, 1.82) is 0 Å². The zero-order valence-electron chi connectivity index (χ0n) is 31.6. The number of carboxylic acids is 1. The van der Waals surface area contributed by atoms with Gasteiger partial charge < -0.3 is 29.9 Å². The number of nitrogens with zero attached hydrogens (tertiary/aromatic N) is 5. The summed E-state index contributed by atoms with van der Waals surface area (Å²) in [7, 11) is 3.54. The van der Waals surface area contributed by atoms with Crippen LogP contribution in [0.5, 0.6) is 5.75 Å². The maximum Gasteiger partial charge on any atom is 0.355 e. The fourth-order valence-corrected chi connectivity index (χ4v) is 12.7. The van der Waals surface area contributed by atoms with Crippen molar-refractivity contribution >= 4 is 38.5 Å². The third-order valence-electron chi connectivity index (χ3n) is 12.8. The van der Waals surface area contributed by atoms with Gasteiger partial charge in [-0.1, -0.05) is 43.4 Å². The maximum absolute atomic E-state index is 12.9. The molecule has 2 aromatic carbocycles. The number of carboxylic acid groups (broad SMARTS) is 1. The Morgan fingerprint density at radius 1 is 0.963 bits per heavy atom. The maximum atomic E-state index is 12.9. The van der Waals surface area contributed by atoms with E-state index in [1.807, 2.05) is 68.8 Å². The monoisotopic (exact) mass is 748 g/mol. The molecular formula is C42H48N6O5S. The number of nitrogens with one attached hydrogen (secondary N) is 1. The predicted octanol–water partition coefficient (Wildman–Crippen LogP) is 8.00. The minimum atomic E-state index is -1.09. The summed E-state index contributed by atoms with van der Waals surface area (Å²) in [5, 5.41) is 30.7. The molecule has 10 rings (SSSR count). The van der Waals surface area contributed by atoms with Gasteiger partial charge in [0, 0.05) is 54.7 Å². The van der Waals surface area contributed by atoms with Crippen LogP contribution in [0, 0.1) is 23.2 Å². The number of rotatable bonds is 10. The summed E-state index contributed by atoms with van der Waals surface area (Å²) in [6.07, 6.45) is 8.28. The van der Waals surface area contributed by atoms with Gasteiger partial charge in [-0.25, -0.2) is 14.8 Å². The summed E-state index contributed by atoms with van der Waals surface area (Å²) >= 11 is 1.49. The largest absolute Gasteiger partial charge is 0.496 e. The molecule has 5 aliphatic rings. The molecular weight excluding hydrogens is 701 g/mol. The Morgan fingerprint density at radius 3 is 2.46 bits per heavy atom. The van der Waals surface area contributed by atoms with Crippen LogP contribution in [0.1, 0.15) is 91.5 Å². The molecule has 0 amide bonds. The first-order chi connectivity index (χ1) is 25.8. The Kier molecular flexibility index (Phi) is 8.15. The molecule has 0 radical (unpaired) electrons. The van der Waals surface area contributed by atoms with E-state index in [0.29, 0.717) is 41.6 Å². The van der Waals surface area contributed by atoms with Gasteiger partial charge in [-0.3, -0.25) is 4.68 Å². The average molecular weight is 749 g/mol. The second-order valence-electron chi connectivity index (χ2n) is 17.3. The first-order valence-corrected chi connectivity index (χ1v) is 19.7. The number of thiazole rings is 1. The molecule has 3 unspecified atom stereocenters. The fraction of sp³-hybridized carbons (Fsp3) is 0.476. The lowest BCUT2D eigenvalue weighted by atomic mass is 9.39. The van der Waals surface area contributed by atoms with Crippen molar-refractivity contribution in [2.75, 3.05) is 31.0 Å². The summed E-state index contributed by atoms with van der Waals surface area (Å²) in [4.78, 5) is 24.4. The average Bonchev–Trinajstić information content (AvgIpc) is 3.70. The van der Waals surface area contributed by atoms with E-state index in [1.54, 1.807) is 7.11 Å². The van der Waals surface area contributed by atoms with Crippen molar-refractivity contribution in [3.05, 3.63) is 82.8 Å². The van der Waals surface area contributed by atoms with E-state index in [2.05, 4.69) is 33.7 Å². The standard InChI is InChI=1S/C42H48N6O5S/c1-25-29(16-43-48(25)24-41-19-39(2)18-40(3,20-41)22-42(21-39,23-41)53-5)27-11-13-34(45-35(27)37(50)51)47-15-14-26-30(17-47)28(10-12-32(26)52-4)36(49)46-38-44-31-8-6-7-9-33(31)54-38/h6-13,16,36,49H,14-15,17-24H2,1-5H3,(H,44,46)(H,50,51). The van der Waals surface area contributed by atoms with Gasteiger partial charge in [-0.2, -0.15) is 5.10 Å². The molecule has 282 valence electrons. The Balaban J connectivity index is 0.993. The van der Waals surface area contributed by atoms with E-state index in [9.17, 15) is 15.0 Å². The van der Waals surface area contributed by atoms with Crippen molar-refractivity contribution in [3.8, 4) is 16.9 Å². The van der Waals surface area contributed by atoms with Crippen molar-refractivity contribution in [3.63, 3.8) is 0 Å². The number of methoxy groups -OCH3 is 2. The summed E-state index contributed by atoms with van der Waals surface area (Å²) in [5.41, 5.74) is 6.34. The fourth-order valence-electron chi connectivity index (χ4n) is 11.8. The summed E-state index contributed by atoms with van der Waals surface area (Å²) in [6, 6.07) is 15.4. The van der Waals surface area contributed by atoms with E-state index in [-0.39, 0.29) is 27.5 Å². The number of anilines is 2. The number of fused-ring (bicyclic) bond motifs is 2. The van der Waals surface area contributed by atoms with Crippen LogP contribution in [0.4, 0.5) is 10.9 Å². The number of hydrogen-bond donors (Lipinski definition) is 3. The Labute approximate surface area is 319 Å². The highest BCUT2D eigenvalue weighted by Crippen LogP contribution is 2.72. The third kappa shape index (κ3) is 5.84. The molecule has 3 atom stereocenters. The molecule has 4 fully saturated rings. The normalized spacial score (nSPS) is 27.6. The van der Waals surface area contributed by atoms with Crippen molar-refractivity contribution in [2.24, 2.45) is 16.2 Å². The SMILES string of the molecule is COc1ccc(C(O)Nc2nc3ccccc3s2)c2c1CCN(c1ccc(-c3cnn(CC45CC6(C)CC(C)(C4)CC(OC)(C6)C5)c3C)c(C(=O)O)n1)C2. The Bertz CT molecular complexity index is 2250. The lowest BCUT2D eigenvalue weighted by Crippen LogP contribution is -2.64. The van der Waals surface area contributed by atoms with Crippen LogP contribution in [0.3, 0.4) is 0 Å². The summed E-state index contributed by atoms with van der Waals surface area (Å²) in [5.74, 6) is 0.240. The summed E-state index contributed by atoms with van der Waals surface area (Å²) < 4.78 is 15.2. The second-order valence-corrected chi connectivity index (χ2v) is 18.3. The number of para-hydroxylation sites is 1. The highest BCUT2D eigenvalue weighted by Gasteiger charge is 2.66. The molecule has 12 heteroatoms. The van der Waals surface area contributed by atoms with E-state index < -0.39 is 12.2 Å². The topological polar surface area (TPSA) is 135 Å². The van der Waals surface area contributed by atoms with Gasteiger partial charge in [0.2, 0.25) is 0 Å². The van der Waals surface area contributed by atoms with Crippen LogP contribution in [0.2, 0.25) is 0 Å². The second kappa shape index (κ2) is 12.5. The first kappa shape index (κ1) is 35.2. The number of aromatic nitrogens is 4. The molecule has 0 saturated heterocycles. The molecule has 4 heterocycles. The molecule has 11 nitrogen and oxygen atoms in total. The van der Waals surface area contributed by atoms with Gasteiger partial charge in [0.25, 0.3) is 0 Å². The van der Waals surface area contributed by atoms with Crippen LogP contribution in [0.25, 0.3) is 21.3 Å². The van der Waals surface area contributed by atoms with Crippen molar-refractivity contribution in [1.82, 2.24) is 19.7 Å². The molecule has 5 aromatic rings. The van der Waals surface area contributed by atoms with Crippen molar-refractivity contribution in [2.45, 2.75) is 90.6 Å². The number of carbonyl (C=O) groups is 1. The van der Waals surface area contributed by atoms with Gasteiger partial charge in [-0.15, -0.1) is 0 Å². The minimum Gasteiger partial charge on any atom is -0.496 e. The molecule has 0 spiro atoms. The van der Waals surface area contributed by atoms with E-state index in [1.165, 1.54) is 17.8 Å². The lowest BCUT2D eigenvalue weighted by molar-refractivity contribution is -0.239. The first-order valence-electron chi connectivity index (χ1n) is 18.9. The van der Waals surface area contributed by atoms with Crippen LogP contribution < -0.4 is 15.0 Å². The number of aliphatic hydroxyl groups is 1. The van der Waals surface area contributed by atoms with Crippen LogP contribution in [-0.2, 0) is 24.2 Å². The van der Waals surface area contributed by atoms with Crippen molar-refractivity contribution < 1.29 is 24.5 Å². The van der Waals surface area contributed by atoms with Gasteiger partial charge in [0.1, 0.15) is 11.6 Å². The number of benzene rings is 2. The van der Waals surface area contributed by atoms with E-state index >= 15 is 0 Å². The lowest BCUT2D eigenvalue weighted by Gasteiger charge is -2.69. The molecule has 4 saturated carbocycles. The van der Waals surface area contributed by atoms with Gasteiger partial charge in [0.05, 0.1) is 29.1 Å².